The fourth-order valence-electron chi connectivity index (χ4n) is 1.11. The molecule has 0 bridgehead atoms. The van der Waals surface area contributed by atoms with E-state index in [0.29, 0.717) is 0 Å². The normalized spacial score (nSPS) is 11.0. The van der Waals surface area contributed by atoms with Gasteiger partial charge in [-0.15, -0.1) is 0 Å². The minimum Gasteiger partial charge on any atom is -0.491 e. The molecule has 1 rings (SSSR count). The second-order valence-electron chi connectivity index (χ2n) is 3.60. The summed E-state index contributed by atoms with van der Waals surface area (Å²) in [7, 11) is 1.31. The Balaban J connectivity index is 2.67. The van der Waals surface area contributed by atoms with E-state index in [4.69, 9.17) is 4.74 Å². The summed E-state index contributed by atoms with van der Waals surface area (Å²) in [6.45, 7) is 4.09. The lowest BCUT2D eigenvalue weighted by atomic mass is 10.2. The van der Waals surface area contributed by atoms with E-state index in [2.05, 4.69) is 23.5 Å². The number of ether oxygens (including phenoxy) is 2. The number of benzene rings is 1. The molecule has 1 aromatic carbocycles. The van der Waals surface area contributed by atoms with Crippen LogP contribution in [-0.2, 0) is 9.53 Å². The topological polar surface area (TPSA) is 35.5 Å². The van der Waals surface area contributed by atoms with Crippen molar-refractivity contribution in [3.8, 4) is 17.6 Å². The van der Waals surface area contributed by atoms with Crippen LogP contribution in [0, 0.1) is 11.8 Å². The van der Waals surface area contributed by atoms with Crippen LogP contribution >= 0.6 is 0 Å². The quantitative estimate of drug-likeness (QED) is 0.593. The molecule has 0 heterocycles. The monoisotopic (exact) mass is 232 g/mol. The second kappa shape index (κ2) is 6.59. The van der Waals surface area contributed by atoms with Crippen LogP contribution in [0.2, 0.25) is 0 Å². The summed E-state index contributed by atoms with van der Waals surface area (Å²) < 4.78 is 10.1. The lowest BCUT2D eigenvalue weighted by Crippen LogP contribution is -2.09. The van der Waals surface area contributed by atoms with Gasteiger partial charge in [-0.1, -0.05) is 12.8 Å². The predicted molar refractivity (Wildman–Crippen MR) is 65.7 cm³/mol. The minimum absolute atomic E-state index is 0.196. The van der Waals surface area contributed by atoms with Crippen LogP contribution in [0.4, 0.5) is 0 Å². The maximum atomic E-state index is 10.8. The summed E-state index contributed by atoms with van der Waals surface area (Å²) in [6, 6.07) is 7.31. The van der Waals surface area contributed by atoms with Crippen LogP contribution in [0.15, 0.2) is 24.3 Å². The smallest absolute Gasteiger partial charge is 0.384 e. The molecule has 0 saturated heterocycles. The SMILES string of the molecule is CCC(C)Oc1ccc(C#CC(=O)OC)cc1. The lowest BCUT2D eigenvalue weighted by molar-refractivity contribution is -0.133. The zero-order valence-corrected chi connectivity index (χ0v) is 10.3. The van der Waals surface area contributed by atoms with Crippen LogP contribution < -0.4 is 4.74 Å². The van der Waals surface area contributed by atoms with Gasteiger partial charge < -0.3 is 9.47 Å². The van der Waals surface area contributed by atoms with Gasteiger partial charge in [0.25, 0.3) is 0 Å². The van der Waals surface area contributed by atoms with Crippen molar-refractivity contribution < 1.29 is 14.3 Å². The molecule has 0 amide bonds. The zero-order valence-electron chi connectivity index (χ0n) is 10.3. The molecule has 1 unspecified atom stereocenters. The van der Waals surface area contributed by atoms with E-state index in [1.165, 1.54) is 7.11 Å². The van der Waals surface area contributed by atoms with E-state index in [9.17, 15) is 4.79 Å². The highest BCUT2D eigenvalue weighted by Gasteiger charge is 2.00. The molecule has 0 fully saturated rings. The number of carbonyl (C=O) groups is 1. The summed E-state index contributed by atoms with van der Waals surface area (Å²) in [5.74, 6) is 5.35. The third-order valence-corrected chi connectivity index (χ3v) is 2.26. The van der Waals surface area contributed by atoms with Crippen molar-refractivity contribution in [1.29, 1.82) is 0 Å². The van der Waals surface area contributed by atoms with Gasteiger partial charge in [-0.25, -0.2) is 4.79 Å². The van der Waals surface area contributed by atoms with Gasteiger partial charge in [0.2, 0.25) is 0 Å². The first kappa shape index (κ1) is 13.1. The number of hydrogen-bond donors (Lipinski definition) is 0. The first-order chi connectivity index (χ1) is 8.15. The largest absolute Gasteiger partial charge is 0.491 e. The predicted octanol–water partition coefficient (Wildman–Crippen LogP) is 2.39. The van der Waals surface area contributed by atoms with Crippen LogP contribution in [0.25, 0.3) is 0 Å². The molecule has 3 nitrogen and oxygen atoms in total. The van der Waals surface area contributed by atoms with Crippen molar-refractivity contribution in [3.63, 3.8) is 0 Å². The molecule has 0 aliphatic heterocycles. The minimum atomic E-state index is -0.537. The number of methoxy groups -OCH3 is 1. The molecule has 3 heteroatoms. The van der Waals surface area contributed by atoms with E-state index in [1.807, 2.05) is 31.2 Å². The average molecular weight is 232 g/mol. The van der Waals surface area contributed by atoms with Gasteiger partial charge >= 0.3 is 5.97 Å². The van der Waals surface area contributed by atoms with Crippen LogP contribution in [0.5, 0.6) is 5.75 Å². The maximum absolute atomic E-state index is 10.8. The molecule has 1 aromatic rings. The molecule has 0 aliphatic rings. The average Bonchev–Trinajstić information content (AvgIpc) is 2.37. The van der Waals surface area contributed by atoms with E-state index in [0.717, 1.165) is 17.7 Å². The molecule has 0 aromatic heterocycles. The summed E-state index contributed by atoms with van der Waals surface area (Å²) >= 11 is 0. The first-order valence-corrected chi connectivity index (χ1v) is 5.52. The highest BCUT2D eigenvalue weighted by Crippen LogP contribution is 2.14. The Morgan fingerprint density at radius 2 is 2.00 bits per heavy atom. The van der Waals surface area contributed by atoms with Crippen molar-refractivity contribution >= 4 is 5.97 Å². The van der Waals surface area contributed by atoms with E-state index < -0.39 is 5.97 Å². The molecule has 0 spiro atoms. The third kappa shape index (κ3) is 4.60. The summed E-state index contributed by atoms with van der Waals surface area (Å²) in [5, 5.41) is 0. The van der Waals surface area contributed by atoms with Gasteiger partial charge in [0.15, 0.2) is 0 Å². The Morgan fingerprint density at radius 3 is 2.53 bits per heavy atom. The molecule has 1 atom stereocenters. The first-order valence-electron chi connectivity index (χ1n) is 5.52. The Labute approximate surface area is 102 Å². The van der Waals surface area contributed by atoms with Gasteiger partial charge in [-0.3, -0.25) is 0 Å². The van der Waals surface area contributed by atoms with Crippen molar-refractivity contribution in [3.05, 3.63) is 29.8 Å². The van der Waals surface area contributed by atoms with Gasteiger partial charge in [0, 0.05) is 11.5 Å². The summed E-state index contributed by atoms with van der Waals surface area (Å²) in [5.41, 5.74) is 0.756. The second-order valence-corrected chi connectivity index (χ2v) is 3.60. The van der Waals surface area contributed by atoms with E-state index in [-0.39, 0.29) is 6.10 Å². The Kier molecular flexibility index (Phi) is 5.09. The number of rotatable bonds is 3. The third-order valence-electron chi connectivity index (χ3n) is 2.26. The van der Waals surface area contributed by atoms with E-state index in [1.54, 1.807) is 0 Å². The molecule has 0 aliphatic carbocycles. The number of hydrogen-bond acceptors (Lipinski definition) is 3. The molecule has 0 N–H and O–H groups in total. The van der Waals surface area contributed by atoms with Crippen LogP contribution in [-0.4, -0.2) is 19.2 Å². The standard InChI is InChI=1S/C14H16O3/c1-4-11(2)17-13-8-5-12(6-9-13)7-10-14(15)16-3/h5-6,8-9,11H,4H2,1-3H3. The van der Waals surface area contributed by atoms with Crippen molar-refractivity contribution in [2.24, 2.45) is 0 Å². The Morgan fingerprint density at radius 1 is 1.35 bits per heavy atom. The molecular formula is C14H16O3. The fraction of sp³-hybridized carbons (Fsp3) is 0.357. The van der Waals surface area contributed by atoms with Gasteiger partial charge in [-0.05, 0) is 37.6 Å². The van der Waals surface area contributed by atoms with Crippen LogP contribution in [0.1, 0.15) is 25.8 Å². The molecule has 17 heavy (non-hydrogen) atoms. The fourth-order valence-corrected chi connectivity index (χ4v) is 1.11. The summed E-state index contributed by atoms with van der Waals surface area (Å²) in [6.07, 6.45) is 1.16. The highest BCUT2D eigenvalue weighted by molar-refractivity contribution is 5.88. The molecule has 90 valence electrons. The number of esters is 1. The molecular weight excluding hydrogens is 216 g/mol. The Hall–Kier alpha value is -1.95. The van der Waals surface area contributed by atoms with Gasteiger partial charge in [0.1, 0.15) is 5.75 Å². The van der Waals surface area contributed by atoms with Gasteiger partial charge in [0.05, 0.1) is 13.2 Å². The summed E-state index contributed by atoms with van der Waals surface area (Å²) in [4.78, 5) is 10.8. The zero-order chi connectivity index (χ0) is 12.7. The van der Waals surface area contributed by atoms with E-state index >= 15 is 0 Å². The van der Waals surface area contributed by atoms with Crippen molar-refractivity contribution in [2.75, 3.05) is 7.11 Å². The maximum Gasteiger partial charge on any atom is 0.384 e. The van der Waals surface area contributed by atoms with Crippen LogP contribution in [0.3, 0.4) is 0 Å². The molecule has 0 saturated carbocycles. The Bertz CT molecular complexity index is 423. The molecule has 0 radical (unpaired) electrons. The van der Waals surface area contributed by atoms with Crippen molar-refractivity contribution in [1.82, 2.24) is 0 Å². The lowest BCUT2D eigenvalue weighted by Gasteiger charge is -2.11. The highest BCUT2D eigenvalue weighted by atomic mass is 16.5. The number of carbonyl (C=O) groups excluding carboxylic acids is 1. The van der Waals surface area contributed by atoms with Gasteiger partial charge in [-0.2, -0.15) is 0 Å². The van der Waals surface area contributed by atoms with Crippen molar-refractivity contribution in [2.45, 2.75) is 26.4 Å².